The molecule has 0 saturated heterocycles. The van der Waals surface area contributed by atoms with E-state index >= 15 is 0 Å². The molecule has 0 aliphatic carbocycles. The van der Waals surface area contributed by atoms with Crippen LogP contribution in [-0.2, 0) is 31.0 Å². The lowest BCUT2D eigenvalue weighted by atomic mass is 10.1. The molecule has 0 fully saturated rings. The number of pyridine rings is 1. The fourth-order valence-corrected chi connectivity index (χ4v) is 3.65. The summed E-state index contributed by atoms with van der Waals surface area (Å²) >= 11 is 0. The molecule has 1 unspecified atom stereocenters. The standard InChI is InChI=1S/C20H22N2O7S/c1-3-19(24)29-13-15-10-9-14(11-21-15)20(25)22-30(26,27)18(12-23)16-7-5-6-8-17(16)28-4-2/h5-12,18H,3-4,13H2,1-2H3,(H,22,25). The number of carbonyl (C=O) groups excluding carboxylic acids is 3. The first-order valence-corrected chi connectivity index (χ1v) is 10.7. The quantitative estimate of drug-likeness (QED) is 0.444. The topological polar surface area (TPSA) is 129 Å². The Kier molecular flexibility index (Phi) is 8.05. The minimum atomic E-state index is -4.39. The van der Waals surface area contributed by atoms with E-state index in [9.17, 15) is 22.8 Å². The van der Waals surface area contributed by atoms with Crippen LogP contribution in [-0.4, -0.2) is 38.2 Å². The number of hydrogen-bond donors (Lipinski definition) is 1. The van der Waals surface area contributed by atoms with Gasteiger partial charge in [0, 0.05) is 18.2 Å². The normalized spacial score (nSPS) is 11.9. The van der Waals surface area contributed by atoms with Gasteiger partial charge in [-0.3, -0.25) is 14.6 Å². The Morgan fingerprint density at radius 1 is 1.17 bits per heavy atom. The Labute approximate surface area is 174 Å². The summed E-state index contributed by atoms with van der Waals surface area (Å²) in [6.45, 7) is 3.60. The van der Waals surface area contributed by atoms with E-state index in [0.29, 0.717) is 5.69 Å². The summed E-state index contributed by atoms with van der Waals surface area (Å²) in [4.78, 5) is 39.1. The van der Waals surface area contributed by atoms with Gasteiger partial charge < -0.3 is 14.3 Å². The molecule has 0 aliphatic heterocycles. The monoisotopic (exact) mass is 434 g/mol. The largest absolute Gasteiger partial charge is 0.494 e. The third-order valence-corrected chi connectivity index (χ3v) is 5.48. The number of aldehydes is 1. The summed E-state index contributed by atoms with van der Waals surface area (Å²) in [5.74, 6) is -1.10. The Hall–Kier alpha value is -3.27. The lowest BCUT2D eigenvalue weighted by molar-refractivity contribution is -0.144. The first kappa shape index (κ1) is 23.0. The van der Waals surface area contributed by atoms with Crippen LogP contribution in [0.2, 0.25) is 0 Å². The van der Waals surface area contributed by atoms with E-state index in [-0.39, 0.29) is 42.8 Å². The van der Waals surface area contributed by atoms with E-state index in [1.54, 1.807) is 32.0 Å². The number of ether oxygens (including phenoxy) is 2. The molecule has 30 heavy (non-hydrogen) atoms. The van der Waals surface area contributed by atoms with Gasteiger partial charge in [0.05, 0.1) is 17.9 Å². The predicted molar refractivity (Wildman–Crippen MR) is 107 cm³/mol. The van der Waals surface area contributed by atoms with Crippen LogP contribution in [0, 0.1) is 0 Å². The molecule has 160 valence electrons. The fraction of sp³-hybridized carbons (Fsp3) is 0.300. The lowest BCUT2D eigenvalue weighted by Gasteiger charge is -2.16. The summed E-state index contributed by atoms with van der Waals surface area (Å²) in [7, 11) is -4.39. The molecule has 0 bridgehead atoms. The van der Waals surface area contributed by atoms with Crippen molar-refractivity contribution in [3.8, 4) is 5.75 Å². The van der Waals surface area contributed by atoms with Crippen LogP contribution < -0.4 is 9.46 Å². The zero-order chi connectivity index (χ0) is 22.1. The Morgan fingerprint density at radius 3 is 2.50 bits per heavy atom. The van der Waals surface area contributed by atoms with Gasteiger partial charge in [0.2, 0.25) is 10.0 Å². The first-order chi connectivity index (χ1) is 14.3. The number of benzene rings is 1. The summed E-state index contributed by atoms with van der Waals surface area (Å²) in [6.07, 6.45) is 1.61. The second kappa shape index (κ2) is 10.5. The Bertz CT molecular complexity index is 1000. The van der Waals surface area contributed by atoms with Crippen molar-refractivity contribution < 1.29 is 32.3 Å². The molecular formula is C20H22N2O7S. The molecule has 0 radical (unpaired) electrons. The SMILES string of the molecule is CCOc1ccccc1C(C=O)S(=O)(=O)NC(=O)c1ccc(COC(=O)CC)nc1. The average Bonchev–Trinajstić information content (AvgIpc) is 2.73. The summed E-state index contributed by atoms with van der Waals surface area (Å²) < 4.78 is 37.6. The van der Waals surface area contributed by atoms with E-state index in [4.69, 9.17) is 9.47 Å². The van der Waals surface area contributed by atoms with E-state index in [1.807, 2.05) is 4.72 Å². The number of esters is 1. The van der Waals surface area contributed by atoms with Crippen LogP contribution in [0.5, 0.6) is 5.75 Å². The highest BCUT2D eigenvalue weighted by Gasteiger charge is 2.31. The minimum Gasteiger partial charge on any atom is -0.494 e. The first-order valence-electron chi connectivity index (χ1n) is 9.15. The summed E-state index contributed by atoms with van der Waals surface area (Å²) in [5.41, 5.74) is 0.486. The number of carbonyl (C=O) groups is 3. The van der Waals surface area contributed by atoms with Crippen molar-refractivity contribution in [1.82, 2.24) is 9.71 Å². The minimum absolute atomic E-state index is 0.0353. The van der Waals surface area contributed by atoms with Gasteiger partial charge in [0.15, 0.2) is 5.25 Å². The number of aromatic nitrogens is 1. The highest BCUT2D eigenvalue weighted by molar-refractivity contribution is 7.91. The highest BCUT2D eigenvalue weighted by Crippen LogP contribution is 2.29. The molecule has 10 heteroatoms. The van der Waals surface area contributed by atoms with Crippen LogP contribution >= 0.6 is 0 Å². The number of amides is 1. The van der Waals surface area contributed by atoms with E-state index in [1.165, 1.54) is 18.2 Å². The van der Waals surface area contributed by atoms with Crippen molar-refractivity contribution >= 4 is 28.2 Å². The molecule has 1 aromatic carbocycles. The maximum Gasteiger partial charge on any atom is 0.305 e. The number of para-hydroxylation sites is 1. The maximum atomic E-state index is 12.7. The van der Waals surface area contributed by atoms with Gasteiger partial charge in [-0.05, 0) is 25.1 Å². The van der Waals surface area contributed by atoms with Gasteiger partial charge in [0.1, 0.15) is 18.6 Å². The Balaban J connectivity index is 2.16. The third kappa shape index (κ3) is 5.86. The molecule has 0 spiro atoms. The number of nitrogens with zero attached hydrogens (tertiary/aromatic N) is 1. The third-order valence-electron chi connectivity index (χ3n) is 3.97. The van der Waals surface area contributed by atoms with Crippen molar-refractivity contribution in [2.24, 2.45) is 0 Å². The molecule has 1 N–H and O–H groups in total. The molecule has 9 nitrogen and oxygen atoms in total. The lowest BCUT2D eigenvalue weighted by Crippen LogP contribution is -2.35. The van der Waals surface area contributed by atoms with Gasteiger partial charge in [-0.2, -0.15) is 0 Å². The van der Waals surface area contributed by atoms with Crippen LogP contribution in [0.1, 0.15) is 47.1 Å². The maximum absolute atomic E-state index is 12.7. The molecular weight excluding hydrogens is 412 g/mol. The fourth-order valence-electron chi connectivity index (χ4n) is 2.47. The number of nitrogens with one attached hydrogen (secondary N) is 1. The van der Waals surface area contributed by atoms with Gasteiger partial charge in [-0.25, -0.2) is 13.1 Å². The smallest absolute Gasteiger partial charge is 0.305 e. The summed E-state index contributed by atoms with van der Waals surface area (Å²) in [5, 5.41) is -1.63. The van der Waals surface area contributed by atoms with Crippen LogP contribution in [0.3, 0.4) is 0 Å². The molecule has 0 aliphatic rings. The van der Waals surface area contributed by atoms with E-state index in [0.717, 1.165) is 6.20 Å². The van der Waals surface area contributed by atoms with Crippen molar-refractivity contribution in [2.45, 2.75) is 32.1 Å². The highest BCUT2D eigenvalue weighted by atomic mass is 32.2. The molecule has 2 aromatic rings. The molecule has 0 saturated carbocycles. The van der Waals surface area contributed by atoms with Crippen molar-refractivity contribution in [2.75, 3.05) is 6.61 Å². The van der Waals surface area contributed by atoms with Crippen LogP contribution in [0.4, 0.5) is 0 Å². The van der Waals surface area contributed by atoms with Crippen molar-refractivity contribution in [1.29, 1.82) is 0 Å². The zero-order valence-corrected chi connectivity index (χ0v) is 17.3. The van der Waals surface area contributed by atoms with Crippen molar-refractivity contribution in [3.05, 3.63) is 59.4 Å². The van der Waals surface area contributed by atoms with E-state index < -0.39 is 27.1 Å². The molecule has 1 heterocycles. The molecule has 1 aromatic heterocycles. The van der Waals surface area contributed by atoms with Gasteiger partial charge >= 0.3 is 5.97 Å². The molecule has 1 atom stereocenters. The number of hydrogen-bond acceptors (Lipinski definition) is 8. The van der Waals surface area contributed by atoms with Gasteiger partial charge in [-0.15, -0.1) is 0 Å². The zero-order valence-electron chi connectivity index (χ0n) is 16.5. The van der Waals surface area contributed by atoms with Crippen LogP contribution in [0.15, 0.2) is 42.6 Å². The van der Waals surface area contributed by atoms with Gasteiger partial charge in [-0.1, -0.05) is 25.1 Å². The second-order valence-corrected chi connectivity index (χ2v) is 7.86. The predicted octanol–water partition coefficient (Wildman–Crippen LogP) is 1.93. The summed E-state index contributed by atoms with van der Waals surface area (Å²) in [6, 6.07) is 8.98. The average molecular weight is 434 g/mol. The van der Waals surface area contributed by atoms with E-state index in [2.05, 4.69) is 4.98 Å². The Morgan fingerprint density at radius 2 is 1.90 bits per heavy atom. The second-order valence-electron chi connectivity index (χ2n) is 6.06. The molecule has 1 amide bonds. The number of sulfonamides is 1. The van der Waals surface area contributed by atoms with Gasteiger partial charge in [0.25, 0.3) is 5.91 Å². The molecule has 2 rings (SSSR count). The van der Waals surface area contributed by atoms with Crippen molar-refractivity contribution in [3.63, 3.8) is 0 Å². The number of rotatable bonds is 10. The van der Waals surface area contributed by atoms with Crippen LogP contribution in [0.25, 0.3) is 0 Å².